The molecule has 0 spiro atoms. The first-order chi connectivity index (χ1) is 11.2. The number of allylic oxidation sites excluding steroid dienone is 2. The van der Waals surface area contributed by atoms with Gasteiger partial charge in [-0.15, -0.1) is 0 Å². The molecule has 0 atom stereocenters. The van der Waals surface area contributed by atoms with Crippen molar-refractivity contribution >= 4 is 34.7 Å². The molecule has 5 nitrogen and oxygen atoms in total. The molecule has 6 heteroatoms. The Balaban J connectivity index is 1.79. The van der Waals surface area contributed by atoms with Crippen LogP contribution in [-0.2, 0) is 4.79 Å². The van der Waals surface area contributed by atoms with E-state index in [0.717, 1.165) is 16.7 Å². The minimum atomic E-state index is -0.339. The van der Waals surface area contributed by atoms with Crippen LogP contribution < -0.4 is 9.64 Å². The summed E-state index contributed by atoms with van der Waals surface area (Å²) in [4.78, 5) is 26.0. The molecule has 0 aliphatic carbocycles. The summed E-state index contributed by atoms with van der Waals surface area (Å²) in [7, 11) is 1.56. The quantitative estimate of drug-likeness (QED) is 0.792. The van der Waals surface area contributed by atoms with Crippen LogP contribution in [0.2, 0.25) is 0 Å². The molecule has 1 aliphatic heterocycles. The Bertz CT molecular complexity index is 775. The van der Waals surface area contributed by atoms with E-state index in [0.29, 0.717) is 22.1 Å². The molecule has 23 heavy (non-hydrogen) atoms. The summed E-state index contributed by atoms with van der Waals surface area (Å²) in [6.07, 6.45) is 6.58. The molecule has 1 aliphatic rings. The number of hydrogen-bond acceptors (Lipinski definition) is 5. The molecule has 2 heterocycles. The van der Waals surface area contributed by atoms with Gasteiger partial charge in [0.2, 0.25) is 0 Å². The summed E-state index contributed by atoms with van der Waals surface area (Å²) in [5, 5.41) is -0.321. The second-order valence-corrected chi connectivity index (χ2v) is 5.61. The minimum absolute atomic E-state index is 0.321. The molecule has 2 aromatic rings. The smallest absolute Gasteiger partial charge is 0.298 e. The third-order valence-electron chi connectivity index (χ3n) is 3.18. The molecule has 0 saturated carbocycles. The molecule has 3 rings (SSSR count). The van der Waals surface area contributed by atoms with Crippen LogP contribution in [0.5, 0.6) is 5.75 Å². The average molecular weight is 327 g/mol. The lowest BCUT2D eigenvalue weighted by Gasteiger charge is -2.12. The van der Waals surface area contributed by atoms with Gasteiger partial charge in [-0.1, -0.05) is 6.08 Å². The zero-order valence-electron chi connectivity index (χ0n) is 12.3. The molecule has 0 N–H and O–H groups in total. The summed E-state index contributed by atoms with van der Waals surface area (Å²) >= 11 is 0.909. The number of carbonyl (C=O) groups excluding carboxylic acids is 2. The highest BCUT2D eigenvalue weighted by atomic mass is 32.2. The molecule has 0 unspecified atom stereocenters. The zero-order valence-corrected chi connectivity index (χ0v) is 13.1. The largest absolute Gasteiger partial charge is 0.497 e. The van der Waals surface area contributed by atoms with Gasteiger partial charge in [-0.3, -0.25) is 9.59 Å². The molecule has 116 valence electrons. The van der Waals surface area contributed by atoms with Gasteiger partial charge in [0.25, 0.3) is 11.1 Å². The number of amides is 2. The summed E-state index contributed by atoms with van der Waals surface area (Å²) in [5.41, 5.74) is 0.520. The number of hydrogen-bond donors (Lipinski definition) is 0. The highest BCUT2D eigenvalue weighted by Gasteiger charge is 2.35. The van der Waals surface area contributed by atoms with Crippen molar-refractivity contribution in [3.63, 3.8) is 0 Å². The third kappa shape index (κ3) is 3.22. The number of nitrogens with zero attached hydrogens (tertiary/aromatic N) is 1. The Morgan fingerprint density at radius 2 is 1.96 bits per heavy atom. The van der Waals surface area contributed by atoms with Crippen molar-refractivity contribution in [3.8, 4) is 5.75 Å². The van der Waals surface area contributed by atoms with E-state index in [2.05, 4.69) is 0 Å². The van der Waals surface area contributed by atoms with Gasteiger partial charge in [0.15, 0.2) is 0 Å². The van der Waals surface area contributed by atoms with E-state index < -0.39 is 0 Å². The molecule has 1 aromatic heterocycles. The Hall–Kier alpha value is -2.73. The van der Waals surface area contributed by atoms with E-state index in [4.69, 9.17) is 9.15 Å². The van der Waals surface area contributed by atoms with Gasteiger partial charge in [0.05, 0.1) is 24.0 Å². The van der Waals surface area contributed by atoms with Crippen LogP contribution in [0.15, 0.2) is 64.1 Å². The number of thioether (sulfide) groups is 1. The normalized spacial score (nSPS) is 16.7. The van der Waals surface area contributed by atoms with Crippen molar-refractivity contribution in [2.45, 2.75) is 0 Å². The Morgan fingerprint density at radius 3 is 2.61 bits per heavy atom. The third-order valence-corrected chi connectivity index (χ3v) is 4.06. The van der Waals surface area contributed by atoms with Crippen molar-refractivity contribution in [2.24, 2.45) is 0 Å². The lowest BCUT2D eigenvalue weighted by Crippen LogP contribution is -2.27. The topological polar surface area (TPSA) is 59.8 Å². The Morgan fingerprint density at radius 1 is 1.17 bits per heavy atom. The van der Waals surface area contributed by atoms with Gasteiger partial charge in [-0.25, -0.2) is 4.90 Å². The van der Waals surface area contributed by atoms with Crippen LogP contribution in [0.25, 0.3) is 6.08 Å². The van der Waals surface area contributed by atoms with Crippen molar-refractivity contribution in [1.29, 1.82) is 0 Å². The Kier molecular flexibility index (Phi) is 4.34. The molecule has 0 radical (unpaired) electrons. The van der Waals surface area contributed by atoms with Crippen LogP contribution in [0.4, 0.5) is 10.5 Å². The fourth-order valence-electron chi connectivity index (χ4n) is 2.05. The minimum Gasteiger partial charge on any atom is -0.497 e. The average Bonchev–Trinajstić information content (AvgIpc) is 3.17. The maximum absolute atomic E-state index is 12.4. The number of methoxy groups -OCH3 is 1. The number of benzene rings is 1. The highest BCUT2D eigenvalue weighted by molar-refractivity contribution is 8.18. The van der Waals surface area contributed by atoms with Crippen LogP contribution in [-0.4, -0.2) is 18.3 Å². The lowest BCUT2D eigenvalue weighted by molar-refractivity contribution is -0.113. The maximum atomic E-state index is 12.4. The van der Waals surface area contributed by atoms with Crippen LogP contribution in [0, 0.1) is 0 Å². The van der Waals surface area contributed by atoms with E-state index in [-0.39, 0.29) is 11.1 Å². The van der Waals surface area contributed by atoms with Gasteiger partial charge < -0.3 is 9.15 Å². The number of rotatable bonds is 4. The first-order valence-electron chi connectivity index (χ1n) is 6.81. The van der Waals surface area contributed by atoms with Crippen molar-refractivity contribution < 1.29 is 18.7 Å². The molecule has 1 fully saturated rings. The van der Waals surface area contributed by atoms with E-state index in [1.807, 2.05) is 0 Å². The van der Waals surface area contributed by atoms with E-state index in [1.165, 1.54) is 0 Å². The van der Waals surface area contributed by atoms with Crippen LogP contribution >= 0.6 is 11.8 Å². The summed E-state index contributed by atoms with van der Waals surface area (Å²) < 4.78 is 10.2. The summed E-state index contributed by atoms with van der Waals surface area (Å²) in [5.74, 6) is 1.00. The highest BCUT2D eigenvalue weighted by Crippen LogP contribution is 2.35. The molecule has 1 aromatic carbocycles. The zero-order chi connectivity index (χ0) is 16.2. The van der Waals surface area contributed by atoms with Crippen molar-refractivity contribution in [2.75, 3.05) is 12.0 Å². The molecular weight excluding hydrogens is 314 g/mol. The van der Waals surface area contributed by atoms with Gasteiger partial charge in [0.1, 0.15) is 11.5 Å². The number of carbonyl (C=O) groups is 2. The van der Waals surface area contributed by atoms with Gasteiger partial charge in [-0.05, 0) is 60.3 Å². The van der Waals surface area contributed by atoms with Crippen LogP contribution in [0.3, 0.4) is 0 Å². The monoisotopic (exact) mass is 327 g/mol. The lowest BCUT2D eigenvalue weighted by atomic mass is 10.2. The van der Waals surface area contributed by atoms with Gasteiger partial charge >= 0.3 is 0 Å². The SMILES string of the molecule is COc1ccc(N2C(=O)SC(=CC=Cc3ccco3)C2=O)cc1. The second-order valence-electron chi connectivity index (χ2n) is 4.61. The number of imide groups is 1. The second kappa shape index (κ2) is 6.58. The predicted molar refractivity (Wildman–Crippen MR) is 89.3 cm³/mol. The number of furan rings is 1. The van der Waals surface area contributed by atoms with E-state index in [9.17, 15) is 9.59 Å². The molecule has 1 saturated heterocycles. The van der Waals surface area contributed by atoms with E-state index in [1.54, 1.807) is 68.0 Å². The van der Waals surface area contributed by atoms with Gasteiger partial charge in [-0.2, -0.15) is 0 Å². The predicted octanol–water partition coefficient (Wildman–Crippen LogP) is 4.09. The fourth-order valence-corrected chi connectivity index (χ4v) is 2.85. The standard InChI is InChI=1S/C17H13NO4S/c1-21-13-9-7-12(8-10-13)18-16(19)15(23-17(18)20)6-2-4-14-5-3-11-22-14/h2-11H,1H3. The first-order valence-corrected chi connectivity index (χ1v) is 7.63. The fraction of sp³-hybridized carbons (Fsp3) is 0.0588. The van der Waals surface area contributed by atoms with Gasteiger partial charge in [0, 0.05) is 0 Å². The molecular formula is C17H13NO4S. The maximum Gasteiger partial charge on any atom is 0.298 e. The molecule has 0 bridgehead atoms. The summed E-state index contributed by atoms with van der Waals surface area (Å²) in [6.45, 7) is 0. The van der Waals surface area contributed by atoms with Crippen molar-refractivity contribution in [3.05, 3.63) is 65.5 Å². The first kappa shape index (κ1) is 15.2. The van der Waals surface area contributed by atoms with Crippen molar-refractivity contribution in [1.82, 2.24) is 0 Å². The van der Waals surface area contributed by atoms with E-state index >= 15 is 0 Å². The molecule has 2 amide bonds. The summed E-state index contributed by atoms with van der Waals surface area (Å²) in [6, 6.07) is 10.3. The Labute approximate surface area is 137 Å². The van der Waals surface area contributed by atoms with Crippen LogP contribution in [0.1, 0.15) is 5.76 Å². The number of anilines is 1. The number of ether oxygens (including phenoxy) is 1.